The summed E-state index contributed by atoms with van der Waals surface area (Å²) in [6.45, 7) is 4.65. The molecule has 0 aromatic heterocycles. The number of piperidine rings is 1. The van der Waals surface area contributed by atoms with Crippen molar-refractivity contribution in [2.75, 3.05) is 33.4 Å². The van der Waals surface area contributed by atoms with Gasteiger partial charge in [0.15, 0.2) is 0 Å². The molecule has 0 N–H and O–H groups in total. The molecule has 0 aliphatic carbocycles. The Morgan fingerprint density at radius 2 is 1.91 bits per heavy atom. The summed E-state index contributed by atoms with van der Waals surface area (Å²) in [7, 11) is 1.57. The van der Waals surface area contributed by atoms with Crippen LogP contribution >= 0.6 is 0 Å². The smallest absolute Gasteiger partial charge is 0.248 e. The number of benzene rings is 1. The Kier molecular flexibility index (Phi) is 6.72. The third-order valence-electron chi connectivity index (χ3n) is 4.31. The summed E-state index contributed by atoms with van der Waals surface area (Å²) in [5.41, 5.74) is 1.36. The van der Waals surface area contributed by atoms with E-state index in [1.165, 1.54) is 12.0 Å². The van der Waals surface area contributed by atoms with E-state index < -0.39 is 0 Å². The van der Waals surface area contributed by atoms with E-state index in [1.54, 1.807) is 7.11 Å². The van der Waals surface area contributed by atoms with Gasteiger partial charge in [-0.25, -0.2) is 0 Å². The monoisotopic (exact) mass is 305 g/mol. The highest BCUT2D eigenvalue weighted by Crippen LogP contribution is 2.23. The van der Waals surface area contributed by atoms with Gasteiger partial charge < -0.3 is 14.4 Å². The third-order valence-corrected chi connectivity index (χ3v) is 4.31. The lowest BCUT2D eigenvalue weighted by molar-refractivity contribution is -0.136. The highest BCUT2D eigenvalue weighted by molar-refractivity contribution is 5.77. The molecule has 0 radical (unpaired) electrons. The number of amides is 1. The Bertz CT molecular complexity index is 450. The minimum atomic E-state index is 0.118. The molecule has 1 fully saturated rings. The predicted molar refractivity (Wildman–Crippen MR) is 87.1 cm³/mol. The second-order valence-corrected chi connectivity index (χ2v) is 5.87. The lowest BCUT2D eigenvalue weighted by Crippen LogP contribution is -2.40. The second-order valence-electron chi connectivity index (χ2n) is 5.87. The highest BCUT2D eigenvalue weighted by atomic mass is 16.5. The first-order chi connectivity index (χ1) is 10.7. The van der Waals surface area contributed by atoms with Gasteiger partial charge in [0.2, 0.25) is 5.91 Å². The summed E-state index contributed by atoms with van der Waals surface area (Å²) in [5, 5.41) is 0. The third kappa shape index (κ3) is 5.02. The first-order valence-electron chi connectivity index (χ1n) is 8.21. The molecule has 122 valence electrons. The number of nitrogens with zero attached hydrogens (tertiary/aromatic N) is 1. The molecule has 0 spiro atoms. The van der Waals surface area contributed by atoms with Crippen molar-refractivity contribution in [1.29, 1.82) is 0 Å². The van der Waals surface area contributed by atoms with Gasteiger partial charge in [-0.1, -0.05) is 12.1 Å². The van der Waals surface area contributed by atoms with Crippen molar-refractivity contribution in [2.45, 2.75) is 32.6 Å². The van der Waals surface area contributed by atoms with Gasteiger partial charge in [0, 0.05) is 20.2 Å². The van der Waals surface area contributed by atoms with Gasteiger partial charge in [-0.3, -0.25) is 4.79 Å². The highest BCUT2D eigenvalue weighted by Gasteiger charge is 2.22. The zero-order valence-corrected chi connectivity index (χ0v) is 13.7. The van der Waals surface area contributed by atoms with Crippen molar-refractivity contribution in [2.24, 2.45) is 5.92 Å². The Labute approximate surface area is 133 Å². The molecule has 1 aromatic rings. The number of rotatable bonds is 7. The minimum Gasteiger partial charge on any atom is -0.494 e. The summed E-state index contributed by atoms with van der Waals surface area (Å²) in [6.07, 6.45) is 4.50. The van der Waals surface area contributed by atoms with Crippen LogP contribution in [-0.4, -0.2) is 44.2 Å². The molecule has 1 amide bonds. The van der Waals surface area contributed by atoms with E-state index in [-0.39, 0.29) is 12.5 Å². The number of hydrogen-bond acceptors (Lipinski definition) is 3. The van der Waals surface area contributed by atoms with E-state index in [0.717, 1.165) is 44.0 Å². The van der Waals surface area contributed by atoms with Crippen LogP contribution in [0.5, 0.6) is 5.75 Å². The fraction of sp³-hybridized carbons (Fsp3) is 0.611. The molecule has 0 bridgehead atoms. The molecule has 22 heavy (non-hydrogen) atoms. The summed E-state index contributed by atoms with van der Waals surface area (Å²) < 4.78 is 10.4. The van der Waals surface area contributed by atoms with Crippen LogP contribution in [0.4, 0.5) is 0 Å². The van der Waals surface area contributed by atoms with E-state index in [4.69, 9.17) is 9.47 Å². The standard InChI is InChI=1S/C18H27NO3/c1-3-22-17-8-6-15(7-9-17)4-5-16-10-12-19(13-11-16)18(20)14-21-2/h6-9,16H,3-5,10-14H2,1-2H3. The average Bonchev–Trinajstić information content (AvgIpc) is 2.55. The molecule has 1 aliphatic rings. The van der Waals surface area contributed by atoms with Crippen LogP contribution in [0.15, 0.2) is 24.3 Å². The number of hydrogen-bond donors (Lipinski definition) is 0. The molecule has 4 nitrogen and oxygen atoms in total. The average molecular weight is 305 g/mol. The van der Waals surface area contributed by atoms with E-state index in [1.807, 2.05) is 24.0 Å². The summed E-state index contributed by atoms with van der Waals surface area (Å²) in [4.78, 5) is 13.7. The van der Waals surface area contributed by atoms with Crippen LogP contribution in [0.25, 0.3) is 0 Å². The molecule has 1 heterocycles. The molecular formula is C18H27NO3. The Balaban J connectivity index is 1.71. The van der Waals surface area contributed by atoms with Crippen LogP contribution in [0.2, 0.25) is 0 Å². The van der Waals surface area contributed by atoms with Crippen LogP contribution in [0.3, 0.4) is 0 Å². The van der Waals surface area contributed by atoms with E-state index in [2.05, 4.69) is 12.1 Å². The Hall–Kier alpha value is -1.55. The van der Waals surface area contributed by atoms with Crippen molar-refractivity contribution in [1.82, 2.24) is 4.90 Å². The van der Waals surface area contributed by atoms with E-state index in [0.29, 0.717) is 6.61 Å². The molecule has 4 heteroatoms. The van der Waals surface area contributed by atoms with E-state index >= 15 is 0 Å². The molecule has 1 saturated heterocycles. The minimum absolute atomic E-state index is 0.118. The number of likely N-dealkylation sites (tertiary alicyclic amines) is 1. The van der Waals surface area contributed by atoms with Crippen molar-refractivity contribution in [3.05, 3.63) is 29.8 Å². The molecule has 2 rings (SSSR count). The number of carbonyl (C=O) groups is 1. The van der Waals surface area contributed by atoms with Crippen LogP contribution < -0.4 is 4.74 Å². The maximum atomic E-state index is 11.8. The number of methoxy groups -OCH3 is 1. The van der Waals surface area contributed by atoms with Crippen molar-refractivity contribution in [3.8, 4) is 5.75 Å². The Morgan fingerprint density at radius 1 is 1.23 bits per heavy atom. The molecule has 1 aliphatic heterocycles. The van der Waals surface area contributed by atoms with Gasteiger partial charge in [0.25, 0.3) is 0 Å². The van der Waals surface area contributed by atoms with Gasteiger partial charge in [0.05, 0.1) is 6.61 Å². The summed E-state index contributed by atoms with van der Waals surface area (Å²) in [5.74, 6) is 1.78. The predicted octanol–water partition coefficient (Wildman–Crippen LogP) is 2.90. The largest absolute Gasteiger partial charge is 0.494 e. The van der Waals surface area contributed by atoms with Gasteiger partial charge >= 0.3 is 0 Å². The zero-order chi connectivity index (χ0) is 15.8. The van der Waals surface area contributed by atoms with Crippen molar-refractivity contribution >= 4 is 5.91 Å². The topological polar surface area (TPSA) is 38.8 Å². The SMILES string of the molecule is CCOc1ccc(CCC2CCN(C(=O)COC)CC2)cc1. The van der Waals surface area contributed by atoms with Gasteiger partial charge in [-0.2, -0.15) is 0 Å². The fourth-order valence-corrected chi connectivity index (χ4v) is 2.98. The fourth-order valence-electron chi connectivity index (χ4n) is 2.98. The quantitative estimate of drug-likeness (QED) is 0.777. The van der Waals surface area contributed by atoms with Gasteiger partial charge in [-0.05, 0) is 56.2 Å². The van der Waals surface area contributed by atoms with Crippen molar-refractivity contribution < 1.29 is 14.3 Å². The molecule has 0 unspecified atom stereocenters. The lowest BCUT2D eigenvalue weighted by Gasteiger charge is -2.32. The second kappa shape index (κ2) is 8.79. The summed E-state index contributed by atoms with van der Waals surface area (Å²) in [6, 6.07) is 8.40. The first kappa shape index (κ1) is 16.8. The first-order valence-corrected chi connectivity index (χ1v) is 8.21. The maximum Gasteiger partial charge on any atom is 0.248 e. The lowest BCUT2D eigenvalue weighted by atomic mass is 9.90. The number of aryl methyl sites for hydroxylation is 1. The van der Waals surface area contributed by atoms with Crippen LogP contribution in [0, 0.1) is 5.92 Å². The molecular weight excluding hydrogens is 278 g/mol. The Morgan fingerprint density at radius 3 is 2.50 bits per heavy atom. The van der Waals surface area contributed by atoms with E-state index in [9.17, 15) is 4.79 Å². The van der Waals surface area contributed by atoms with Gasteiger partial charge in [-0.15, -0.1) is 0 Å². The normalized spacial score (nSPS) is 15.8. The van der Waals surface area contributed by atoms with Crippen LogP contribution in [0.1, 0.15) is 31.7 Å². The zero-order valence-electron chi connectivity index (χ0n) is 13.7. The number of carbonyl (C=O) groups excluding carboxylic acids is 1. The van der Waals surface area contributed by atoms with Crippen LogP contribution in [-0.2, 0) is 16.0 Å². The summed E-state index contributed by atoms with van der Waals surface area (Å²) >= 11 is 0. The van der Waals surface area contributed by atoms with Gasteiger partial charge in [0.1, 0.15) is 12.4 Å². The maximum absolute atomic E-state index is 11.8. The number of ether oxygens (including phenoxy) is 2. The van der Waals surface area contributed by atoms with Crippen molar-refractivity contribution in [3.63, 3.8) is 0 Å². The molecule has 0 saturated carbocycles. The molecule has 0 atom stereocenters. The molecule has 1 aromatic carbocycles.